The van der Waals surface area contributed by atoms with Crippen LogP contribution in [0.2, 0.25) is 5.02 Å². The highest BCUT2D eigenvalue weighted by atomic mass is 35.5. The number of aromatic nitrogens is 2. The molecule has 0 saturated heterocycles. The van der Waals surface area contributed by atoms with Crippen LogP contribution in [0.3, 0.4) is 0 Å². The van der Waals surface area contributed by atoms with E-state index in [1.165, 1.54) is 4.68 Å². The molecule has 19 heavy (non-hydrogen) atoms. The molecule has 3 N–H and O–H groups in total. The van der Waals surface area contributed by atoms with Gasteiger partial charge in [-0.25, -0.2) is 4.68 Å². The van der Waals surface area contributed by atoms with Crippen molar-refractivity contribution in [3.8, 4) is 5.69 Å². The third-order valence-corrected chi connectivity index (χ3v) is 2.98. The van der Waals surface area contributed by atoms with Crippen LogP contribution in [0.5, 0.6) is 0 Å². The van der Waals surface area contributed by atoms with Gasteiger partial charge in [0.2, 0.25) is 0 Å². The number of nitrogens with two attached hydrogens (primary N) is 1. The molecule has 1 aromatic heterocycles. The van der Waals surface area contributed by atoms with Gasteiger partial charge in [-0.15, -0.1) is 0 Å². The van der Waals surface area contributed by atoms with E-state index in [4.69, 9.17) is 29.6 Å². The highest BCUT2D eigenvalue weighted by Gasteiger charge is 2.12. The number of rotatable bonds is 3. The molecule has 0 unspecified atom stereocenters. The second-order valence-corrected chi connectivity index (χ2v) is 4.63. The van der Waals surface area contributed by atoms with Crippen molar-refractivity contribution in [1.29, 1.82) is 0 Å². The Hall–Kier alpha value is -1.92. The maximum absolute atomic E-state index is 11.5. The van der Waals surface area contributed by atoms with E-state index in [1.54, 1.807) is 37.5 Å². The molecule has 0 atom stereocenters. The van der Waals surface area contributed by atoms with E-state index in [2.05, 4.69) is 10.4 Å². The van der Waals surface area contributed by atoms with E-state index in [0.29, 0.717) is 22.0 Å². The first-order valence-electron chi connectivity index (χ1n) is 5.40. The fourth-order valence-corrected chi connectivity index (χ4v) is 1.95. The summed E-state index contributed by atoms with van der Waals surface area (Å²) in [5.74, 6) is -0.266. The Kier molecular flexibility index (Phi) is 3.82. The minimum absolute atomic E-state index is 0.239. The van der Waals surface area contributed by atoms with Crippen molar-refractivity contribution in [3.05, 3.63) is 46.7 Å². The molecule has 98 valence electrons. The average molecular weight is 295 g/mol. The Labute approximate surface area is 120 Å². The van der Waals surface area contributed by atoms with Gasteiger partial charge < -0.3 is 11.1 Å². The Morgan fingerprint density at radius 1 is 1.47 bits per heavy atom. The number of carbonyl (C=O) groups excluding carboxylic acids is 1. The van der Waals surface area contributed by atoms with Crippen LogP contribution in [0.1, 0.15) is 16.1 Å². The summed E-state index contributed by atoms with van der Waals surface area (Å²) in [6.45, 7) is 0. The summed E-state index contributed by atoms with van der Waals surface area (Å²) in [6, 6.07) is 6.71. The topological polar surface area (TPSA) is 72.9 Å². The summed E-state index contributed by atoms with van der Waals surface area (Å²) in [4.78, 5) is 11.7. The van der Waals surface area contributed by atoms with Gasteiger partial charge in [0.05, 0.1) is 5.69 Å². The van der Waals surface area contributed by atoms with Gasteiger partial charge in [0.25, 0.3) is 5.91 Å². The lowest BCUT2D eigenvalue weighted by Gasteiger charge is -2.08. The van der Waals surface area contributed by atoms with Gasteiger partial charge in [0.1, 0.15) is 4.99 Å². The van der Waals surface area contributed by atoms with Crippen LogP contribution in [0, 0.1) is 0 Å². The van der Waals surface area contributed by atoms with Gasteiger partial charge >= 0.3 is 0 Å². The Bertz CT molecular complexity index is 653. The van der Waals surface area contributed by atoms with Crippen LogP contribution in [-0.4, -0.2) is 27.7 Å². The van der Waals surface area contributed by atoms with Gasteiger partial charge in [-0.2, -0.15) is 5.10 Å². The van der Waals surface area contributed by atoms with E-state index in [9.17, 15) is 4.79 Å². The normalized spacial score (nSPS) is 10.2. The van der Waals surface area contributed by atoms with Crippen LogP contribution in [0.25, 0.3) is 5.69 Å². The molecule has 0 bridgehead atoms. The number of amides is 1. The Morgan fingerprint density at radius 2 is 2.21 bits per heavy atom. The Morgan fingerprint density at radius 3 is 2.84 bits per heavy atom. The molecule has 2 aromatic rings. The lowest BCUT2D eigenvalue weighted by Crippen LogP contribution is -2.19. The van der Waals surface area contributed by atoms with Gasteiger partial charge in [-0.3, -0.25) is 4.79 Å². The smallest absolute Gasteiger partial charge is 0.271 e. The number of thiocarbonyl (C=S) groups is 1. The van der Waals surface area contributed by atoms with Gasteiger partial charge in [0.15, 0.2) is 5.69 Å². The van der Waals surface area contributed by atoms with Crippen LogP contribution in [0.15, 0.2) is 30.5 Å². The molecule has 2 rings (SSSR count). The molecule has 1 aromatic carbocycles. The van der Waals surface area contributed by atoms with E-state index in [1.807, 2.05) is 0 Å². The number of halogens is 1. The van der Waals surface area contributed by atoms with Crippen LogP contribution < -0.4 is 11.1 Å². The standard InChI is InChI=1S/C12H11ClN4OS/c1-15-12(18)9-4-5-17(16-9)10-6-7(13)2-3-8(10)11(14)19/h2-6H,1H3,(H2,14,19)(H,15,18). The maximum atomic E-state index is 11.5. The molecule has 0 spiro atoms. The molecular formula is C12H11ClN4OS. The highest BCUT2D eigenvalue weighted by Crippen LogP contribution is 2.20. The minimum atomic E-state index is -0.266. The number of nitrogens with one attached hydrogen (secondary N) is 1. The van der Waals surface area contributed by atoms with Crippen molar-refractivity contribution >= 4 is 34.7 Å². The number of nitrogens with zero attached hydrogens (tertiary/aromatic N) is 2. The van der Waals surface area contributed by atoms with Crippen molar-refractivity contribution in [2.75, 3.05) is 7.05 Å². The van der Waals surface area contributed by atoms with Crippen LogP contribution in [-0.2, 0) is 0 Å². The first-order chi connectivity index (χ1) is 9.02. The summed E-state index contributed by atoms with van der Waals surface area (Å²) >= 11 is 11.0. The van der Waals surface area contributed by atoms with Gasteiger partial charge in [-0.05, 0) is 24.3 Å². The van der Waals surface area contributed by atoms with Crippen LogP contribution in [0.4, 0.5) is 0 Å². The third-order valence-electron chi connectivity index (χ3n) is 2.52. The Balaban J connectivity index is 2.52. The van der Waals surface area contributed by atoms with Crippen LogP contribution >= 0.6 is 23.8 Å². The van der Waals surface area contributed by atoms with Crippen molar-refractivity contribution < 1.29 is 4.79 Å². The largest absolute Gasteiger partial charge is 0.389 e. The molecule has 7 heteroatoms. The fraction of sp³-hybridized carbons (Fsp3) is 0.0833. The molecule has 0 aliphatic carbocycles. The quantitative estimate of drug-likeness (QED) is 0.842. The molecule has 0 fully saturated rings. The minimum Gasteiger partial charge on any atom is -0.389 e. The third kappa shape index (κ3) is 2.74. The highest BCUT2D eigenvalue weighted by molar-refractivity contribution is 7.80. The van der Waals surface area contributed by atoms with E-state index in [0.717, 1.165) is 0 Å². The summed E-state index contributed by atoms with van der Waals surface area (Å²) < 4.78 is 1.52. The summed E-state index contributed by atoms with van der Waals surface area (Å²) in [5.41, 5.74) is 7.24. The molecule has 0 radical (unpaired) electrons. The average Bonchev–Trinajstić information content (AvgIpc) is 2.86. The predicted octanol–water partition coefficient (Wildman–Crippen LogP) is 1.52. The first-order valence-corrected chi connectivity index (χ1v) is 6.19. The molecule has 0 aliphatic rings. The number of hydrogen-bond donors (Lipinski definition) is 2. The second kappa shape index (κ2) is 5.38. The van der Waals surface area contributed by atoms with Gasteiger partial charge in [-0.1, -0.05) is 23.8 Å². The SMILES string of the molecule is CNC(=O)c1ccn(-c2cc(Cl)ccc2C(N)=S)n1. The molecule has 5 nitrogen and oxygen atoms in total. The number of benzene rings is 1. The lowest BCUT2D eigenvalue weighted by atomic mass is 10.2. The zero-order valence-electron chi connectivity index (χ0n) is 10.1. The number of carbonyl (C=O) groups is 1. The zero-order chi connectivity index (χ0) is 14.0. The van der Waals surface area contributed by atoms with E-state index >= 15 is 0 Å². The summed E-state index contributed by atoms with van der Waals surface area (Å²) in [7, 11) is 1.54. The van der Waals surface area contributed by atoms with Crippen molar-refractivity contribution in [2.45, 2.75) is 0 Å². The second-order valence-electron chi connectivity index (χ2n) is 3.75. The van der Waals surface area contributed by atoms with E-state index in [-0.39, 0.29) is 10.9 Å². The fourth-order valence-electron chi connectivity index (χ4n) is 1.61. The van der Waals surface area contributed by atoms with Gasteiger partial charge in [0, 0.05) is 23.8 Å². The molecule has 0 aliphatic heterocycles. The first kappa shape index (κ1) is 13.5. The zero-order valence-corrected chi connectivity index (χ0v) is 11.6. The van der Waals surface area contributed by atoms with Crippen molar-refractivity contribution in [3.63, 3.8) is 0 Å². The molecule has 1 heterocycles. The monoisotopic (exact) mass is 294 g/mol. The summed E-state index contributed by atoms with van der Waals surface area (Å²) in [5, 5.41) is 7.20. The van der Waals surface area contributed by atoms with Crippen molar-refractivity contribution in [1.82, 2.24) is 15.1 Å². The predicted molar refractivity (Wildman–Crippen MR) is 77.9 cm³/mol. The van der Waals surface area contributed by atoms with E-state index < -0.39 is 0 Å². The van der Waals surface area contributed by atoms with Crippen molar-refractivity contribution in [2.24, 2.45) is 5.73 Å². The summed E-state index contributed by atoms with van der Waals surface area (Å²) in [6.07, 6.45) is 1.65. The number of hydrogen-bond acceptors (Lipinski definition) is 3. The molecular weight excluding hydrogens is 284 g/mol. The lowest BCUT2D eigenvalue weighted by molar-refractivity contribution is 0.0957. The molecule has 1 amide bonds. The maximum Gasteiger partial charge on any atom is 0.271 e. The molecule has 0 saturated carbocycles.